The van der Waals surface area contributed by atoms with Crippen molar-refractivity contribution in [2.24, 2.45) is 0 Å². The normalized spacial score (nSPS) is 10.7. The molecule has 0 aliphatic rings. The van der Waals surface area contributed by atoms with E-state index in [9.17, 15) is 10.1 Å². The van der Waals surface area contributed by atoms with Crippen molar-refractivity contribution in [1.82, 2.24) is 4.37 Å². The Morgan fingerprint density at radius 1 is 1.43 bits per heavy atom. The van der Waals surface area contributed by atoms with Gasteiger partial charge in [-0.15, -0.1) is 0 Å². The maximum atomic E-state index is 10.7. The lowest BCUT2D eigenvalue weighted by molar-refractivity contribution is -0.382. The van der Waals surface area contributed by atoms with E-state index in [0.29, 0.717) is 10.1 Å². The number of nitrogens with zero attached hydrogens (tertiary/aromatic N) is 2. The van der Waals surface area contributed by atoms with Crippen LogP contribution in [0.2, 0.25) is 10.2 Å². The van der Waals surface area contributed by atoms with Crippen LogP contribution >= 0.6 is 34.7 Å². The van der Waals surface area contributed by atoms with Gasteiger partial charge in [-0.1, -0.05) is 23.2 Å². The van der Waals surface area contributed by atoms with Crippen LogP contribution in [0.25, 0.3) is 10.1 Å². The summed E-state index contributed by atoms with van der Waals surface area (Å²) in [5.41, 5.74) is -0.178. The van der Waals surface area contributed by atoms with Gasteiger partial charge in [0.1, 0.15) is 10.4 Å². The molecule has 0 atom stereocenters. The first-order valence-corrected chi connectivity index (χ1v) is 5.02. The maximum Gasteiger partial charge on any atom is 0.299 e. The molecule has 0 spiro atoms. The van der Waals surface area contributed by atoms with Crippen molar-refractivity contribution in [2.45, 2.75) is 0 Å². The van der Waals surface area contributed by atoms with Gasteiger partial charge in [0, 0.05) is 0 Å². The van der Waals surface area contributed by atoms with Gasteiger partial charge < -0.3 is 0 Å². The monoisotopic (exact) mass is 248 g/mol. The molecular formula is C7H2Cl2N2O2S. The summed E-state index contributed by atoms with van der Waals surface area (Å²) in [6, 6.07) is 3.13. The van der Waals surface area contributed by atoms with Crippen molar-refractivity contribution in [2.75, 3.05) is 0 Å². The van der Waals surface area contributed by atoms with Gasteiger partial charge in [0.15, 0.2) is 5.15 Å². The van der Waals surface area contributed by atoms with Crippen LogP contribution in [-0.2, 0) is 0 Å². The summed E-state index contributed by atoms with van der Waals surface area (Å²) >= 11 is 12.5. The minimum absolute atomic E-state index is 0.0737. The first kappa shape index (κ1) is 9.64. The average Bonchev–Trinajstić information content (AvgIpc) is 2.47. The molecule has 2 rings (SSSR count). The summed E-state index contributed by atoms with van der Waals surface area (Å²) in [5.74, 6) is 0. The Morgan fingerprint density at radius 3 is 2.79 bits per heavy atom. The summed E-state index contributed by atoms with van der Waals surface area (Å²) in [4.78, 5) is 10.2. The Hall–Kier alpha value is -0.910. The third-order valence-electron chi connectivity index (χ3n) is 1.70. The van der Waals surface area contributed by atoms with Gasteiger partial charge in [-0.2, -0.15) is 4.37 Å². The van der Waals surface area contributed by atoms with Crippen LogP contribution in [0, 0.1) is 10.1 Å². The highest BCUT2D eigenvalue weighted by Crippen LogP contribution is 2.38. The Balaban J connectivity index is 2.94. The van der Waals surface area contributed by atoms with Gasteiger partial charge in [0.2, 0.25) is 0 Å². The van der Waals surface area contributed by atoms with E-state index in [1.807, 2.05) is 0 Å². The molecule has 7 heteroatoms. The molecule has 14 heavy (non-hydrogen) atoms. The number of hydrogen-bond acceptors (Lipinski definition) is 4. The summed E-state index contributed by atoms with van der Waals surface area (Å²) in [5, 5.41) is 11.2. The number of fused-ring (bicyclic) bond motifs is 1. The largest absolute Gasteiger partial charge is 0.299 e. The Labute approximate surface area is 92.4 Å². The van der Waals surface area contributed by atoms with E-state index in [0.717, 1.165) is 11.5 Å². The van der Waals surface area contributed by atoms with Crippen LogP contribution < -0.4 is 0 Å². The molecule has 1 heterocycles. The Kier molecular flexibility index (Phi) is 2.30. The SMILES string of the molecule is O=[N+]([O-])c1c(Cl)ccc2snc(Cl)c12. The van der Waals surface area contributed by atoms with Gasteiger partial charge in [-0.25, -0.2) is 0 Å². The molecule has 1 aromatic carbocycles. The van der Waals surface area contributed by atoms with E-state index in [2.05, 4.69) is 4.37 Å². The number of rotatable bonds is 1. The van der Waals surface area contributed by atoms with Crippen molar-refractivity contribution in [3.63, 3.8) is 0 Å². The number of halogens is 2. The van der Waals surface area contributed by atoms with Crippen LogP contribution in [-0.4, -0.2) is 9.30 Å². The van der Waals surface area contributed by atoms with Gasteiger partial charge in [-0.05, 0) is 23.7 Å². The van der Waals surface area contributed by atoms with E-state index in [1.54, 1.807) is 6.07 Å². The van der Waals surface area contributed by atoms with Crippen LogP contribution in [0.1, 0.15) is 0 Å². The summed E-state index contributed by atoms with van der Waals surface area (Å²) in [7, 11) is 0. The third kappa shape index (κ3) is 1.33. The average molecular weight is 249 g/mol. The molecule has 1 aromatic heterocycles. The van der Waals surface area contributed by atoms with E-state index >= 15 is 0 Å². The summed E-state index contributed by atoms with van der Waals surface area (Å²) in [6.07, 6.45) is 0. The molecule has 0 amide bonds. The second-order valence-electron chi connectivity index (χ2n) is 2.50. The topological polar surface area (TPSA) is 56.0 Å². The summed E-state index contributed by atoms with van der Waals surface area (Å²) in [6.45, 7) is 0. The van der Waals surface area contributed by atoms with Crippen LogP contribution in [0.3, 0.4) is 0 Å². The predicted octanol–water partition coefficient (Wildman–Crippen LogP) is 3.51. The van der Waals surface area contributed by atoms with Crippen LogP contribution in [0.4, 0.5) is 5.69 Å². The van der Waals surface area contributed by atoms with Gasteiger partial charge >= 0.3 is 0 Å². The van der Waals surface area contributed by atoms with Gasteiger partial charge in [0.25, 0.3) is 5.69 Å². The highest BCUT2D eigenvalue weighted by atomic mass is 35.5. The number of aromatic nitrogens is 1. The fourth-order valence-electron chi connectivity index (χ4n) is 1.14. The highest BCUT2D eigenvalue weighted by molar-refractivity contribution is 7.13. The fraction of sp³-hybridized carbons (Fsp3) is 0. The fourth-order valence-corrected chi connectivity index (χ4v) is 2.40. The molecule has 0 saturated carbocycles. The molecule has 0 radical (unpaired) electrons. The standard InChI is InChI=1S/C7H2Cl2N2O2S/c8-3-1-2-4-5(6(3)11(12)13)7(9)10-14-4/h1-2H. The molecule has 2 aromatic rings. The lowest BCUT2D eigenvalue weighted by atomic mass is 10.2. The molecular weight excluding hydrogens is 247 g/mol. The first-order chi connectivity index (χ1) is 6.61. The quantitative estimate of drug-likeness (QED) is 0.573. The van der Waals surface area contributed by atoms with Crippen LogP contribution in [0.5, 0.6) is 0 Å². The Bertz CT molecular complexity index is 526. The number of hydrogen-bond donors (Lipinski definition) is 0. The minimum atomic E-state index is -0.551. The minimum Gasteiger partial charge on any atom is -0.258 e. The van der Waals surface area contributed by atoms with Crippen molar-refractivity contribution in [1.29, 1.82) is 0 Å². The third-order valence-corrected chi connectivity index (χ3v) is 3.19. The smallest absolute Gasteiger partial charge is 0.258 e. The van der Waals surface area contributed by atoms with Crippen molar-refractivity contribution in [3.05, 3.63) is 32.4 Å². The van der Waals surface area contributed by atoms with Crippen LogP contribution in [0.15, 0.2) is 12.1 Å². The molecule has 0 saturated heterocycles. The Morgan fingerprint density at radius 2 is 2.14 bits per heavy atom. The zero-order valence-electron chi connectivity index (χ0n) is 6.53. The molecule has 4 nitrogen and oxygen atoms in total. The molecule has 72 valence electrons. The van der Waals surface area contributed by atoms with Crippen molar-refractivity contribution >= 4 is 50.5 Å². The van der Waals surface area contributed by atoms with Crippen molar-refractivity contribution in [3.8, 4) is 0 Å². The number of nitro benzene ring substituents is 1. The highest BCUT2D eigenvalue weighted by Gasteiger charge is 2.21. The van der Waals surface area contributed by atoms with E-state index < -0.39 is 4.92 Å². The summed E-state index contributed by atoms with van der Waals surface area (Å²) < 4.78 is 4.48. The molecule has 0 bridgehead atoms. The maximum absolute atomic E-state index is 10.7. The second kappa shape index (κ2) is 3.34. The van der Waals surface area contributed by atoms with Crippen molar-refractivity contribution < 1.29 is 4.92 Å². The number of nitro groups is 1. The van der Waals surface area contributed by atoms with E-state index in [-0.39, 0.29) is 15.9 Å². The van der Waals surface area contributed by atoms with E-state index in [1.165, 1.54) is 6.07 Å². The zero-order valence-corrected chi connectivity index (χ0v) is 8.86. The van der Waals surface area contributed by atoms with Gasteiger partial charge in [0.05, 0.1) is 9.62 Å². The first-order valence-electron chi connectivity index (χ1n) is 3.49. The predicted molar refractivity (Wildman–Crippen MR) is 56.3 cm³/mol. The molecule has 0 fully saturated rings. The second-order valence-corrected chi connectivity index (χ2v) is 4.07. The lowest BCUT2D eigenvalue weighted by Gasteiger charge is -1.95. The number of benzene rings is 1. The molecule has 0 aliphatic carbocycles. The van der Waals surface area contributed by atoms with Gasteiger partial charge in [-0.3, -0.25) is 10.1 Å². The molecule has 0 N–H and O–H groups in total. The molecule has 0 unspecified atom stereocenters. The lowest BCUT2D eigenvalue weighted by Crippen LogP contribution is -1.89. The van der Waals surface area contributed by atoms with E-state index in [4.69, 9.17) is 23.2 Å². The molecule has 0 aliphatic heterocycles. The zero-order chi connectivity index (χ0) is 10.3.